The van der Waals surface area contributed by atoms with Gasteiger partial charge in [-0.3, -0.25) is 0 Å². The van der Waals surface area contributed by atoms with E-state index in [0.717, 1.165) is 8.68 Å². The standard InChI is InChI=1S/C9H8N4O2S3/c1-16-8-12-13-9(18-8)17-6-5(10)2-4(3-11-6)7(14)15/h2-3H,10H2,1H3,(H,14,15). The van der Waals surface area contributed by atoms with Crippen LogP contribution in [-0.2, 0) is 0 Å². The molecule has 0 radical (unpaired) electrons. The molecule has 0 saturated heterocycles. The van der Waals surface area contributed by atoms with Crippen LogP contribution in [0.15, 0.2) is 26.0 Å². The van der Waals surface area contributed by atoms with Crippen molar-refractivity contribution in [1.29, 1.82) is 0 Å². The summed E-state index contributed by atoms with van der Waals surface area (Å²) in [5.41, 5.74) is 6.14. The van der Waals surface area contributed by atoms with Gasteiger partial charge in [0.2, 0.25) is 0 Å². The molecule has 0 fully saturated rings. The summed E-state index contributed by atoms with van der Waals surface area (Å²) >= 11 is 4.23. The molecule has 0 bridgehead atoms. The van der Waals surface area contributed by atoms with Crippen LogP contribution in [0.25, 0.3) is 0 Å². The summed E-state index contributed by atoms with van der Waals surface area (Å²) in [5.74, 6) is -1.05. The summed E-state index contributed by atoms with van der Waals surface area (Å²) in [4.78, 5) is 14.8. The van der Waals surface area contributed by atoms with Crippen LogP contribution in [0.3, 0.4) is 0 Å². The molecule has 9 heteroatoms. The normalized spacial score (nSPS) is 10.5. The molecule has 94 valence electrons. The summed E-state index contributed by atoms with van der Waals surface area (Å²) in [7, 11) is 0. The smallest absolute Gasteiger partial charge is 0.337 e. The lowest BCUT2D eigenvalue weighted by atomic mass is 10.3. The van der Waals surface area contributed by atoms with Crippen LogP contribution in [0.4, 0.5) is 5.69 Å². The number of nitrogens with zero attached hydrogens (tertiary/aromatic N) is 3. The van der Waals surface area contributed by atoms with Gasteiger partial charge in [-0.05, 0) is 24.1 Å². The third-order valence-electron chi connectivity index (χ3n) is 1.87. The number of hydrogen-bond donors (Lipinski definition) is 2. The number of carbonyl (C=O) groups is 1. The van der Waals surface area contributed by atoms with Gasteiger partial charge in [-0.2, -0.15) is 0 Å². The molecule has 2 aromatic heterocycles. The van der Waals surface area contributed by atoms with Gasteiger partial charge in [-0.1, -0.05) is 23.1 Å². The Morgan fingerprint density at radius 3 is 2.72 bits per heavy atom. The summed E-state index contributed by atoms with van der Waals surface area (Å²) in [6.07, 6.45) is 3.20. The van der Waals surface area contributed by atoms with E-state index in [9.17, 15) is 4.79 Å². The lowest BCUT2D eigenvalue weighted by Crippen LogP contribution is -2.00. The largest absolute Gasteiger partial charge is 0.478 e. The highest BCUT2D eigenvalue weighted by Crippen LogP contribution is 2.34. The van der Waals surface area contributed by atoms with Gasteiger partial charge in [0.25, 0.3) is 0 Å². The highest BCUT2D eigenvalue weighted by Gasteiger charge is 2.11. The topological polar surface area (TPSA) is 102 Å². The van der Waals surface area contributed by atoms with Crippen molar-refractivity contribution >= 4 is 46.5 Å². The van der Waals surface area contributed by atoms with E-state index in [1.807, 2.05) is 6.26 Å². The molecule has 2 aromatic rings. The minimum Gasteiger partial charge on any atom is -0.478 e. The SMILES string of the molecule is CSc1nnc(Sc2ncc(C(=O)O)cc2N)s1. The Balaban J connectivity index is 2.21. The third-order valence-corrected chi connectivity index (χ3v) is 4.86. The second-order valence-electron chi connectivity index (χ2n) is 3.06. The maximum absolute atomic E-state index is 10.7. The molecular formula is C9H8N4O2S3. The van der Waals surface area contributed by atoms with E-state index in [0.29, 0.717) is 10.7 Å². The molecule has 0 saturated carbocycles. The van der Waals surface area contributed by atoms with E-state index in [1.165, 1.54) is 47.1 Å². The van der Waals surface area contributed by atoms with Crippen LogP contribution in [0.2, 0.25) is 0 Å². The molecule has 0 unspecified atom stereocenters. The van der Waals surface area contributed by atoms with Crippen molar-refractivity contribution in [3.8, 4) is 0 Å². The number of carboxylic acid groups (broad SMARTS) is 1. The molecule has 0 spiro atoms. The average Bonchev–Trinajstić information content (AvgIpc) is 2.79. The number of nitrogen functional groups attached to an aromatic ring is 1. The number of hydrogen-bond acceptors (Lipinski definition) is 8. The zero-order valence-corrected chi connectivity index (χ0v) is 11.6. The van der Waals surface area contributed by atoms with Crippen molar-refractivity contribution in [1.82, 2.24) is 15.2 Å². The molecule has 0 aromatic carbocycles. The fraction of sp³-hybridized carbons (Fsp3) is 0.111. The van der Waals surface area contributed by atoms with Crippen LogP contribution in [0.1, 0.15) is 10.4 Å². The number of rotatable bonds is 4. The van der Waals surface area contributed by atoms with E-state index >= 15 is 0 Å². The number of pyridine rings is 1. The minimum absolute atomic E-state index is 0.0684. The van der Waals surface area contributed by atoms with E-state index < -0.39 is 5.97 Å². The van der Waals surface area contributed by atoms with Gasteiger partial charge in [0.1, 0.15) is 5.03 Å². The molecule has 2 rings (SSSR count). The average molecular weight is 300 g/mol. The van der Waals surface area contributed by atoms with Gasteiger partial charge in [-0.15, -0.1) is 10.2 Å². The molecule has 3 N–H and O–H groups in total. The first-order valence-corrected chi connectivity index (χ1v) is 7.50. The number of carboxylic acids is 1. The van der Waals surface area contributed by atoms with Crippen LogP contribution in [-0.4, -0.2) is 32.5 Å². The highest BCUT2D eigenvalue weighted by molar-refractivity contribution is 8.03. The van der Waals surface area contributed by atoms with Crippen LogP contribution < -0.4 is 5.73 Å². The molecule has 0 amide bonds. The van der Waals surface area contributed by atoms with Crippen molar-refractivity contribution < 1.29 is 9.90 Å². The van der Waals surface area contributed by atoms with Crippen molar-refractivity contribution in [3.05, 3.63) is 17.8 Å². The van der Waals surface area contributed by atoms with Gasteiger partial charge >= 0.3 is 5.97 Å². The molecule has 0 aliphatic rings. The maximum Gasteiger partial charge on any atom is 0.337 e. The molecule has 0 aliphatic carbocycles. The Hall–Kier alpha value is -1.32. The van der Waals surface area contributed by atoms with Gasteiger partial charge < -0.3 is 10.8 Å². The second-order valence-corrected chi connectivity index (χ2v) is 6.33. The van der Waals surface area contributed by atoms with Crippen molar-refractivity contribution in [2.24, 2.45) is 0 Å². The summed E-state index contributed by atoms with van der Waals surface area (Å²) in [5, 5.41) is 17.3. The van der Waals surface area contributed by atoms with Gasteiger partial charge in [-0.25, -0.2) is 9.78 Å². The molecular weight excluding hydrogens is 292 g/mol. The molecule has 0 aliphatic heterocycles. The third kappa shape index (κ3) is 2.92. The first-order chi connectivity index (χ1) is 8.60. The highest BCUT2D eigenvalue weighted by atomic mass is 32.2. The Morgan fingerprint density at radius 1 is 1.44 bits per heavy atom. The van der Waals surface area contributed by atoms with Crippen molar-refractivity contribution in [2.45, 2.75) is 13.7 Å². The lowest BCUT2D eigenvalue weighted by Gasteiger charge is -2.02. The predicted molar refractivity (Wildman–Crippen MR) is 71.4 cm³/mol. The Bertz CT molecular complexity index is 587. The summed E-state index contributed by atoms with van der Waals surface area (Å²) in [6.45, 7) is 0. The molecule has 2 heterocycles. The number of nitrogens with two attached hydrogens (primary N) is 1. The quantitative estimate of drug-likeness (QED) is 0.827. The van der Waals surface area contributed by atoms with Crippen LogP contribution in [0, 0.1) is 0 Å². The Morgan fingerprint density at radius 2 is 2.17 bits per heavy atom. The number of aromatic nitrogens is 3. The zero-order valence-electron chi connectivity index (χ0n) is 9.15. The summed E-state index contributed by atoms with van der Waals surface area (Å²) < 4.78 is 1.58. The molecule has 0 atom stereocenters. The van der Waals surface area contributed by atoms with Gasteiger partial charge in [0.05, 0.1) is 11.3 Å². The van der Waals surface area contributed by atoms with E-state index in [2.05, 4.69) is 15.2 Å². The van der Waals surface area contributed by atoms with Crippen LogP contribution >= 0.6 is 34.9 Å². The van der Waals surface area contributed by atoms with Crippen LogP contribution in [0.5, 0.6) is 0 Å². The first kappa shape index (κ1) is 13.1. The Kier molecular flexibility index (Phi) is 4.04. The predicted octanol–water partition coefficient (Wildman–Crippen LogP) is 2.09. The molecule has 6 nitrogen and oxygen atoms in total. The zero-order chi connectivity index (χ0) is 13.1. The lowest BCUT2D eigenvalue weighted by molar-refractivity contribution is 0.0696. The maximum atomic E-state index is 10.7. The van der Waals surface area contributed by atoms with Crippen molar-refractivity contribution in [2.75, 3.05) is 12.0 Å². The first-order valence-electron chi connectivity index (χ1n) is 4.64. The van der Waals surface area contributed by atoms with E-state index in [-0.39, 0.29) is 5.56 Å². The fourth-order valence-electron chi connectivity index (χ4n) is 1.08. The number of anilines is 1. The van der Waals surface area contributed by atoms with E-state index in [1.54, 1.807) is 0 Å². The van der Waals surface area contributed by atoms with Crippen molar-refractivity contribution in [3.63, 3.8) is 0 Å². The minimum atomic E-state index is -1.05. The monoisotopic (exact) mass is 300 g/mol. The number of aromatic carboxylic acids is 1. The van der Waals surface area contributed by atoms with E-state index in [4.69, 9.17) is 10.8 Å². The second kappa shape index (κ2) is 5.55. The number of thioether (sulfide) groups is 1. The molecule has 18 heavy (non-hydrogen) atoms. The van der Waals surface area contributed by atoms with Gasteiger partial charge in [0.15, 0.2) is 8.68 Å². The summed E-state index contributed by atoms with van der Waals surface area (Å²) in [6, 6.07) is 1.38. The Labute approximate surface area is 115 Å². The fourth-order valence-corrected chi connectivity index (χ4v) is 3.41. The van der Waals surface area contributed by atoms with Gasteiger partial charge in [0, 0.05) is 6.20 Å².